The third kappa shape index (κ3) is 8.18. The van der Waals surface area contributed by atoms with E-state index in [1.165, 1.54) is 0 Å². The van der Waals surface area contributed by atoms with Gasteiger partial charge in [-0.15, -0.1) is 0 Å². The van der Waals surface area contributed by atoms with Crippen LogP contribution in [0.15, 0.2) is 0 Å². The van der Waals surface area contributed by atoms with E-state index >= 15 is 0 Å². The first kappa shape index (κ1) is 12.8. The molecule has 1 unspecified atom stereocenters. The molecule has 0 amide bonds. The van der Waals surface area contributed by atoms with Crippen LogP contribution in [-0.2, 0) is 4.74 Å². The predicted octanol–water partition coefficient (Wildman–Crippen LogP) is -0.254. The summed E-state index contributed by atoms with van der Waals surface area (Å²) >= 11 is 0. The quantitative estimate of drug-likeness (QED) is 0.440. The number of nitrogens with one attached hydrogen (secondary N) is 1. The Morgan fingerprint density at radius 2 is 2.00 bits per heavy atom. The van der Waals surface area contributed by atoms with Crippen molar-refractivity contribution in [1.82, 2.24) is 5.32 Å². The molecule has 0 spiro atoms. The number of methoxy groups -OCH3 is 1. The Kier molecular flexibility index (Phi) is 9.80. The lowest BCUT2D eigenvalue weighted by atomic mass is 10.2. The zero-order valence-electron chi connectivity index (χ0n) is 8.33. The van der Waals surface area contributed by atoms with E-state index in [0.717, 1.165) is 19.4 Å². The maximum absolute atomic E-state index is 8.73. The standard InChI is InChI=1S/C9H21NO3/c1-13-8-9(4-7-12)10-5-2-3-6-11/h9-12H,2-8H2,1H3. The second kappa shape index (κ2) is 9.92. The molecule has 0 bridgehead atoms. The van der Waals surface area contributed by atoms with E-state index < -0.39 is 0 Å². The number of rotatable bonds is 9. The summed E-state index contributed by atoms with van der Waals surface area (Å²) in [6, 6.07) is 0.230. The van der Waals surface area contributed by atoms with Gasteiger partial charge in [-0.05, 0) is 25.8 Å². The van der Waals surface area contributed by atoms with Gasteiger partial charge in [0.05, 0.1) is 6.61 Å². The number of aliphatic hydroxyl groups excluding tert-OH is 2. The SMILES string of the molecule is COCC(CCO)NCCCCO. The highest BCUT2D eigenvalue weighted by Crippen LogP contribution is 1.93. The van der Waals surface area contributed by atoms with Gasteiger partial charge in [-0.2, -0.15) is 0 Å². The fraction of sp³-hybridized carbons (Fsp3) is 1.00. The van der Waals surface area contributed by atoms with Crippen molar-refractivity contribution in [2.75, 3.05) is 33.5 Å². The molecule has 0 radical (unpaired) electrons. The summed E-state index contributed by atoms with van der Waals surface area (Å²) < 4.78 is 4.99. The van der Waals surface area contributed by atoms with Crippen molar-refractivity contribution in [3.63, 3.8) is 0 Å². The van der Waals surface area contributed by atoms with Crippen LogP contribution in [0, 0.1) is 0 Å². The maximum atomic E-state index is 8.73. The summed E-state index contributed by atoms with van der Waals surface area (Å²) in [5.41, 5.74) is 0. The summed E-state index contributed by atoms with van der Waals surface area (Å²) in [6.07, 6.45) is 2.50. The van der Waals surface area contributed by atoms with E-state index in [9.17, 15) is 0 Å². The van der Waals surface area contributed by atoms with Gasteiger partial charge >= 0.3 is 0 Å². The lowest BCUT2D eigenvalue weighted by molar-refractivity contribution is 0.148. The second-order valence-corrected chi connectivity index (χ2v) is 3.05. The Labute approximate surface area is 79.9 Å². The van der Waals surface area contributed by atoms with E-state index in [0.29, 0.717) is 13.0 Å². The van der Waals surface area contributed by atoms with Crippen LogP contribution in [0.25, 0.3) is 0 Å². The summed E-state index contributed by atoms with van der Waals surface area (Å²) in [6.45, 7) is 1.92. The van der Waals surface area contributed by atoms with Crippen LogP contribution in [0.4, 0.5) is 0 Å². The minimum Gasteiger partial charge on any atom is -0.396 e. The molecule has 0 aliphatic carbocycles. The smallest absolute Gasteiger partial charge is 0.0616 e. The highest BCUT2D eigenvalue weighted by molar-refractivity contribution is 4.65. The van der Waals surface area contributed by atoms with Gasteiger partial charge in [0.2, 0.25) is 0 Å². The van der Waals surface area contributed by atoms with Crippen LogP contribution >= 0.6 is 0 Å². The van der Waals surface area contributed by atoms with E-state index in [1.807, 2.05) is 0 Å². The normalized spacial score (nSPS) is 13.2. The van der Waals surface area contributed by atoms with Crippen molar-refractivity contribution in [3.8, 4) is 0 Å². The molecule has 0 aliphatic heterocycles. The van der Waals surface area contributed by atoms with Crippen molar-refractivity contribution in [3.05, 3.63) is 0 Å². The third-order valence-electron chi connectivity index (χ3n) is 1.86. The third-order valence-corrected chi connectivity index (χ3v) is 1.86. The molecule has 0 heterocycles. The van der Waals surface area contributed by atoms with Crippen molar-refractivity contribution >= 4 is 0 Å². The minimum absolute atomic E-state index is 0.182. The Bertz CT molecular complexity index is 94.9. The van der Waals surface area contributed by atoms with E-state index in [-0.39, 0.29) is 19.3 Å². The molecule has 80 valence electrons. The molecule has 3 N–H and O–H groups in total. The number of ether oxygens (including phenoxy) is 1. The second-order valence-electron chi connectivity index (χ2n) is 3.05. The van der Waals surface area contributed by atoms with Crippen LogP contribution in [0.3, 0.4) is 0 Å². The molecule has 4 heteroatoms. The van der Waals surface area contributed by atoms with Gasteiger partial charge in [0.15, 0.2) is 0 Å². The summed E-state index contributed by atoms with van der Waals surface area (Å²) in [4.78, 5) is 0. The lowest BCUT2D eigenvalue weighted by Crippen LogP contribution is -2.34. The van der Waals surface area contributed by atoms with Crippen LogP contribution in [0.2, 0.25) is 0 Å². The molecule has 0 fully saturated rings. The fourth-order valence-electron chi connectivity index (χ4n) is 1.14. The monoisotopic (exact) mass is 191 g/mol. The topological polar surface area (TPSA) is 61.7 Å². The highest BCUT2D eigenvalue weighted by atomic mass is 16.5. The molecule has 0 aromatic heterocycles. The molecule has 0 aliphatic rings. The molecule has 0 aromatic rings. The lowest BCUT2D eigenvalue weighted by Gasteiger charge is -2.16. The molecule has 0 saturated carbocycles. The molecular formula is C9H21NO3. The Hall–Kier alpha value is -0.160. The Morgan fingerprint density at radius 3 is 2.54 bits per heavy atom. The molecule has 4 nitrogen and oxygen atoms in total. The maximum Gasteiger partial charge on any atom is 0.0616 e. The highest BCUT2D eigenvalue weighted by Gasteiger charge is 2.05. The molecule has 0 aromatic carbocycles. The summed E-state index contributed by atoms with van der Waals surface area (Å²) in [5.74, 6) is 0. The largest absolute Gasteiger partial charge is 0.396 e. The predicted molar refractivity (Wildman–Crippen MR) is 51.7 cm³/mol. The van der Waals surface area contributed by atoms with Gasteiger partial charge in [0.1, 0.15) is 0 Å². The van der Waals surface area contributed by atoms with Crippen LogP contribution < -0.4 is 5.32 Å². The number of hydrogen-bond acceptors (Lipinski definition) is 4. The van der Waals surface area contributed by atoms with Crippen molar-refractivity contribution < 1.29 is 14.9 Å². The number of unbranched alkanes of at least 4 members (excludes halogenated alkanes) is 1. The first-order valence-electron chi connectivity index (χ1n) is 4.79. The van der Waals surface area contributed by atoms with Crippen molar-refractivity contribution in [1.29, 1.82) is 0 Å². The van der Waals surface area contributed by atoms with Gasteiger partial charge in [-0.25, -0.2) is 0 Å². The zero-order chi connectivity index (χ0) is 9.94. The van der Waals surface area contributed by atoms with Crippen LogP contribution in [0.5, 0.6) is 0 Å². The number of aliphatic hydroxyl groups is 2. The fourth-order valence-corrected chi connectivity index (χ4v) is 1.14. The van der Waals surface area contributed by atoms with Gasteiger partial charge in [0, 0.05) is 26.4 Å². The molecule has 13 heavy (non-hydrogen) atoms. The Balaban J connectivity index is 3.33. The molecular weight excluding hydrogens is 170 g/mol. The van der Waals surface area contributed by atoms with Crippen LogP contribution in [-0.4, -0.2) is 49.7 Å². The summed E-state index contributed by atoms with van der Waals surface area (Å²) in [5, 5.41) is 20.5. The average Bonchev–Trinajstić information content (AvgIpc) is 2.13. The molecule has 0 rings (SSSR count). The molecule has 0 saturated heterocycles. The summed E-state index contributed by atoms with van der Waals surface area (Å²) in [7, 11) is 1.65. The van der Waals surface area contributed by atoms with Crippen molar-refractivity contribution in [2.24, 2.45) is 0 Å². The number of hydrogen-bond donors (Lipinski definition) is 3. The van der Waals surface area contributed by atoms with Gasteiger partial charge in [-0.3, -0.25) is 0 Å². The first-order valence-corrected chi connectivity index (χ1v) is 4.79. The van der Waals surface area contributed by atoms with Crippen LogP contribution in [0.1, 0.15) is 19.3 Å². The minimum atomic E-state index is 0.182. The average molecular weight is 191 g/mol. The van der Waals surface area contributed by atoms with Crippen molar-refractivity contribution in [2.45, 2.75) is 25.3 Å². The molecule has 1 atom stereocenters. The van der Waals surface area contributed by atoms with E-state index in [2.05, 4.69) is 5.32 Å². The van der Waals surface area contributed by atoms with E-state index in [4.69, 9.17) is 14.9 Å². The van der Waals surface area contributed by atoms with E-state index in [1.54, 1.807) is 7.11 Å². The van der Waals surface area contributed by atoms with Gasteiger partial charge in [-0.1, -0.05) is 0 Å². The zero-order valence-corrected chi connectivity index (χ0v) is 8.33. The first-order chi connectivity index (χ1) is 6.35. The van der Waals surface area contributed by atoms with Gasteiger partial charge < -0.3 is 20.3 Å². The van der Waals surface area contributed by atoms with Gasteiger partial charge in [0.25, 0.3) is 0 Å². The Morgan fingerprint density at radius 1 is 1.23 bits per heavy atom.